The Hall–Kier alpha value is -5.67. The summed E-state index contributed by atoms with van der Waals surface area (Å²) in [7, 11) is 3.10. The van der Waals surface area contributed by atoms with Crippen LogP contribution >= 0.6 is 11.3 Å². The van der Waals surface area contributed by atoms with E-state index < -0.39 is 12.0 Å². The molecule has 2 aromatic heterocycles. The largest absolute Gasteiger partial charge is 0.493 e. The summed E-state index contributed by atoms with van der Waals surface area (Å²) in [5.41, 5.74) is 4.87. The van der Waals surface area contributed by atoms with Crippen molar-refractivity contribution in [2.75, 3.05) is 20.8 Å². The highest BCUT2D eigenvalue weighted by Gasteiger charge is 2.37. The molecule has 8 nitrogen and oxygen atoms in total. The molecule has 0 fully saturated rings. The third-order valence-corrected chi connectivity index (χ3v) is 9.39. The van der Waals surface area contributed by atoms with Gasteiger partial charge in [-0.25, -0.2) is 9.79 Å². The van der Waals surface area contributed by atoms with E-state index in [1.807, 2.05) is 78.9 Å². The average molecular weight is 656 g/mol. The van der Waals surface area contributed by atoms with Gasteiger partial charge in [-0.05, 0) is 30.7 Å². The quantitative estimate of drug-likeness (QED) is 0.180. The van der Waals surface area contributed by atoms with E-state index in [0.29, 0.717) is 38.6 Å². The van der Waals surface area contributed by atoms with E-state index in [-0.39, 0.29) is 17.7 Å². The maximum absolute atomic E-state index is 14.6. The van der Waals surface area contributed by atoms with Gasteiger partial charge in [-0.3, -0.25) is 9.36 Å². The molecule has 0 radical (unpaired) electrons. The topological polar surface area (TPSA) is 84.1 Å². The summed E-state index contributed by atoms with van der Waals surface area (Å²) in [6.45, 7) is 2.60. The fraction of sp³-hybridized carbons (Fsp3) is 0.154. The predicted molar refractivity (Wildman–Crippen MR) is 188 cm³/mol. The summed E-state index contributed by atoms with van der Waals surface area (Å²) in [5.74, 6) is 0.331. The van der Waals surface area contributed by atoms with Crippen molar-refractivity contribution in [1.29, 1.82) is 0 Å². The Labute approximate surface area is 281 Å². The first-order valence-corrected chi connectivity index (χ1v) is 16.4. The summed E-state index contributed by atoms with van der Waals surface area (Å²) in [5, 5.41) is 1.03. The maximum atomic E-state index is 14.6. The Morgan fingerprint density at radius 1 is 0.896 bits per heavy atom. The van der Waals surface area contributed by atoms with Gasteiger partial charge in [0, 0.05) is 40.3 Å². The molecule has 1 aliphatic rings. The van der Waals surface area contributed by atoms with Crippen molar-refractivity contribution in [3.63, 3.8) is 0 Å². The van der Waals surface area contributed by atoms with E-state index in [9.17, 15) is 9.59 Å². The number of carbonyl (C=O) groups is 1. The maximum Gasteiger partial charge on any atom is 0.338 e. The second-order valence-electron chi connectivity index (χ2n) is 11.2. The summed E-state index contributed by atoms with van der Waals surface area (Å²) < 4.78 is 21.4. The molecule has 7 rings (SSSR count). The number of fused-ring (bicyclic) bond motifs is 2. The summed E-state index contributed by atoms with van der Waals surface area (Å²) in [6, 6.07) is 32.5. The zero-order valence-electron chi connectivity index (χ0n) is 26.8. The van der Waals surface area contributed by atoms with Crippen LogP contribution in [0.15, 0.2) is 125 Å². The van der Waals surface area contributed by atoms with Gasteiger partial charge in [-0.15, -0.1) is 0 Å². The number of ether oxygens (including phenoxy) is 3. The molecule has 1 aliphatic heterocycles. The molecule has 6 aromatic rings. The second kappa shape index (κ2) is 13.2. The van der Waals surface area contributed by atoms with Crippen LogP contribution < -0.4 is 24.4 Å². The van der Waals surface area contributed by atoms with E-state index in [1.165, 1.54) is 16.9 Å². The smallest absolute Gasteiger partial charge is 0.338 e. The Balaban J connectivity index is 1.49. The van der Waals surface area contributed by atoms with Crippen LogP contribution in [0.2, 0.25) is 0 Å². The number of rotatable bonds is 9. The first kappa shape index (κ1) is 31.0. The van der Waals surface area contributed by atoms with Crippen LogP contribution in [0.3, 0.4) is 0 Å². The molecule has 0 bridgehead atoms. The summed E-state index contributed by atoms with van der Waals surface area (Å²) in [4.78, 5) is 33.9. The zero-order valence-corrected chi connectivity index (χ0v) is 27.6. The molecular formula is C39H33N3O5S. The number of carbonyl (C=O) groups excluding carboxylic acids is 1. The lowest BCUT2D eigenvalue weighted by atomic mass is 9.92. The molecule has 0 N–H and O–H groups in total. The third-order valence-electron chi connectivity index (χ3n) is 8.40. The molecule has 0 aliphatic carbocycles. The van der Waals surface area contributed by atoms with Crippen molar-refractivity contribution < 1.29 is 19.0 Å². The van der Waals surface area contributed by atoms with Gasteiger partial charge in [-0.2, -0.15) is 0 Å². The van der Waals surface area contributed by atoms with E-state index in [2.05, 4.69) is 35.0 Å². The van der Waals surface area contributed by atoms with Gasteiger partial charge in [0.2, 0.25) is 0 Å². The lowest BCUT2D eigenvalue weighted by Gasteiger charge is -2.27. The minimum atomic E-state index is -0.901. The van der Waals surface area contributed by atoms with E-state index >= 15 is 0 Å². The molecule has 3 heterocycles. The Morgan fingerprint density at radius 3 is 2.35 bits per heavy atom. The van der Waals surface area contributed by atoms with Crippen molar-refractivity contribution in [1.82, 2.24) is 9.13 Å². The summed E-state index contributed by atoms with van der Waals surface area (Å²) >= 11 is 1.29. The number of hydrogen-bond acceptors (Lipinski definition) is 7. The molecule has 48 heavy (non-hydrogen) atoms. The van der Waals surface area contributed by atoms with Gasteiger partial charge >= 0.3 is 5.97 Å². The van der Waals surface area contributed by atoms with Crippen molar-refractivity contribution in [2.24, 2.45) is 4.99 Å². The highest BCUT2D eigenvalue weighted by Crippen LogP contribution is 2.42. The van der Waals surface area contributed by atoms with Crippen molar-refractivity contribution in [2.45, 2.75) is 19.5 Å². The molecular weight excluding hydrogens is 623 g/mol. The Morgan fingerprint density at radius 2 is 1.62 bits per heavy atom. The van der Waals surface area contributed by atoms with Gasteiger partial charge < -0.3 is 18.8 Å². The van der Waals surface area contributed by atoms with Crippen molar-refractivity contribution in [3.8, 4) is 11.5 Å². The standard InChI is InChI=1S/C39H33N3O5S/c1-4-47-38(44)33-34(26-16-9-6-10-17-26)40-39-42(35(33)29-19-13-21-31(45-2)36(29)46-3)37(43)32(48-39)22-27-24-41(23-25-14-7-5-8-15-25)30-20-12-11-18-28(27)30/h5-22,24,35H,4,23H2,1-3H3/b32-22-. The monoisotopic (exact) mass is 655 g/mol. The predicted octanol–water partition coefficient (Wildman–Crippen LogP) is 5.96. The Kier molecular flexibility index (Phi) is 8.52. The van der Waals surface area contributed by atoms with Crippen molar-refractivity contribution in [3.05, 3.63) is 157 Å². The number of thiazole rings is 1. The van der Waals surface area contributed by atoms with Crippen LogP contribution in [-0.4, -0.2) is 35.9 Å². The highest BCUT2D eigenvalue weighted by atomic mass is 32.1. The summed E-state index contributed by atoms with van der Waals surface area (Å²) in [6.07, 6.45) is 4.00. The van der Waals surface area contributed by atoms with E-state index in [4.69, 9.17) is 19.2 Å². The number of benzene rings is 4. The number of aromatic nitrogens is 2. The van der Waals surface area contributed by atoms with Crippen LogP contribution in [0, 0.1) is 0 Å². The number of methoxy groups -OCH3 is 2. The number of esters is 1. The average Bonchev–Trinajstić information content (AvgIpc) is 3.63. The number of para-hydroxylation sites is 2. The molecule has 0 amide bonds. The SMILES string of the molecule is CCOC(=O)C1=C(c2ccccc2)N=c2s/c(=C\c3cn(Cc4ccccc4)c4ccccc34)c(=O)n2C1c1cccc(OC)c1OC. The molecule has 9 heteroatoms. The molecule has 1 atom stereocenters. The third kappa shape index (κ3) is 5.52. The molecule has 1 unspecified atom stereocenters. The zero-order chi connectivity index (χ0) is 33.2. The van der Waals surface area contributed by atoms with Gasteiger partial charge in [0.15, 0.2) is 16.3 Å². The van der Waals surface area contributed by atoms with Crippen LogP contribution in [0.25, 0.3) is 22.7 Å². The minimum Gasteiger partial charge on any atom is -0.493 e. The first-order chi connectivity index (χ1) is 23.5. The molecule has 0 saturated carbocycles. The normalized spacial score (nSPS) is 14.5. The highest BCUT2D eigenvalue weighted by molar-refractivity contribution is 7.07. The fourth-order valence-corrected chi connectivity index (χ4v) is 7.30. The first-order valence-electron chi connectivity index (χ1n) is 15.6. The number of nitrogens with zero attached hydrogens (tertiary/aromatic N) is 3. The van der Waals surface area contributed by atoms with Gasteiger partial charge in [-0.1, -0.05) is 102 Å². The molecule has 240 valence electrons. The lowest BCUT2D eigenvalue weighted by Crippen LogP contribution is -2.40. The van der Waals surface area contributed by atoms with E-state index in [0.717, 1.165) is 22.0 Å². The Bertz CT molecular complexity index is 2350. The molecule has 0 spiro atoms. The van der Waals surface area contributed by atoms with Crippen molar-refractivity contribution >= 4 is 40.0 Å². The molecule has 4 aromatic carbocycles. The van der Waals surface area contributed by atoms with E-state index in [1.54, 1.807) is 31.8 Å². The van der Waals surface area contributed by atoms with Crippen LogP contribution in [0.1, 0.15) is 35.2 Å². The van der Waals surface area contributed by atoms with Gasteiger partial charge in [0.25, 0.3) is 5.56 Å². The second-order valence-corrected chi connectivity index (χ2v) is 12.2. The van der Waals surface area contributed by atoms with Crippen LogP contribution in [-0.2, 0) is 16.1 Å². The lowest BCUT2D eigenvalue weighted by molar-refractivity contribution is -0.138. The van der Waals surface area contributed by atoms with Crippen LogP contribution in [0.5, 0.6) is 11.5 Å². The minimum absolute atomic E-state index is 0.157. The van der Waals surface area contributed by atoms with Gasteiger partial charge in [0.05, 0.1) is 36.6 Å². The number of hydrogen-bond donors (Lipinski definition) is 0. The molecule has 0 saturated heterocycles. The van der Waals surface area contributed by atoms with Crippen LogP contribution in [0.4, 0.5) is 0 Å². The van der Waals surface area contributed by atoms with Gasteiger partial charge in [0.1, 0.15) is 6.04 Å². The fourth-order valence-electron chi connectivity index (χ4n) is 6.30.